The second-order valence-electron chi connectivity index (χ2n) is 9.04. The largest absolute Gasteiger partial charge is 0.309 e. The second-order valence-corrected chi connectivity index (χ2v) is 9.89. The first kappa shape index (κ1) is 25.6. The molecule has 2 aromatic carbocycles. The molecule has 0 saturated heterocycles. The Morgan fingerprint density at radius 2 is 1.71 bits per heavy atom. The Bertz CT molecular complexity index is 1580. The number of nitrogens with zero attached hydrogens (tertiary/aromatic N) is 3. The Morgan fingerprint density at radius 1 is 0.895 bits per heavy atom. The quantitative estimate of drug-likeness (QED) is 0.203. The van der Waals surface area contributed by atoms with Crippen molar-refractivity contribution in [2.24, 2.45) is 16.6 Å². The topological polar surface area (TPSA) is 64.2 Å². The molecule has 0 fully saturated rings. The van der Waals surface area contributed by atoms with Crippen molar-refractivity contribution in [1.29, 1.82) is 0 Å². The van der Waals surface area contributed by atoms with Gasteiger partial charge in [0.15, 0.2) is 5.65 Å². The van der Waals surface area contributed by atoms with Gasteiger partial charge >= 0.3 is 0 Å². The van der Waals surface area contributed by atoms with Crippen molar-refractivity contribution < 1.29 is 0 Å². The molecule has 3 heterocycles. The maximum atomic E-state index is 6.18. The summed E-state index contributed by atoms with van der Waals surface area (Å²) in [7, 11) is 0. The summed E-state index contributed by atoms with van der Waals surface area (Å²) in [5, 5.41) is 1.04. The van der Waals surface area contributed by atoms with Crippen LogP contribution in [0.5, 0.6) is 0 Å². The molecule has 4 nitrogen and oxygen atoms in total. The van der Waals surface area contributed by atoms with Gasteiger partial charge in [-0.2, -0.15) is 0 Å². The molecule has 2 N–H and O–H groups in total. The molecule has 0 saturated carbocycles. The number of fused-ring (bicyclic) bond motifs is 1. The van der Waals surface area contributed by atoms with E-state index in [9.17, 15) is 0 Å². The number of dihydropyridines is 1. The molecule has 38 heavy (non-hydrogen) atoms. The fourth-order valence-corrected chi connectivity index (χ4v) is 5.03. The Kier molecular flexibility index (Phi) is 8.07. The summed E-state index contributed by atoms with van der Waals surface area (Å²) < 4.78 is 0. The van der Waals surface area contributed by atoms with E-state index in [0.29, 0.717) is 0 Å². The molecule has 188 valence electrons. The van der Waals surface area contributed by atoms with E-state index in [1.807, 2.05) is 49.4 Å². The average molecular weight is 515 g/mol. The van der Waals surface area contributed by atoms with E-state index >= 15 is 0 Å². The van der Waals surface area contributed by atoms with Gasteiger partial charge in [0.25, 0.3) is 0 Å². The van der Waals surface area contributed by atoms with Crippen molar-refractivity contribution in [2.45, 2.75) is 18.0 Å². The highest BCUT2D eigenvalue weighted by Gasteiger charge is 2.14. The van der Waals surface area contributed by atoms with E-state index in [2.05, 4.69) is 94.1 Å². The molecular formula is C33H30N4S. The monoisotopic (exact) mass is 514 g/mol. The lowest BCUT2D eigenvalue weighted by molar-refractivity contribution is 0.604. The molecule has 0 amide bonds. The van der Waals surface area contributed by atoms with E-state index in [4.69, 9.17) is 5.73 Å². The van der Waals surface area contributed by atoms with E-state index in [0.717, 1.165) is 33.6 Å². The van der Waals surface area contributed by atoms with Crippen molar-refractivity contribution in [2.75, 3.05) is 6.26 Å². The van der Waals surface area contributed by atoms with Crippen LogP contribution in [0.15, 0.2) is 113 Å². The third-order valence-electron chi connectivity index (χ3n) is 6.42. The van der Waals surface area contributed by atoms with Crippen LogP contribution in [0.4, 0.5) is 0 Å². The molecule has 0 bridgehead atoms. The average Bonchev–Trinajstić information content (AvgIpc) is 2.96. The van der Waals surface area contributed by atoms with Crippen molar-refractivity contribution in [1.82, 2.24) is 9.97 Å². The lowest BCUT2D eigenvalue weighted by Crippen LogP contribution is -2.28. The number of allylic oxidation sites excluding steroid dienone is 3. The van der Waals surface area contributed by atoms with Crippen LogP contribution < -0.4 is 5.73 Å². The summed E-state index contributed by atoms with van der Waals surface area (Å²) >= 11 is 1.75. The van der Waals surface area contributed by atoms with E-state index in [-0.39, 0.29) is 12.1 Å². The lowest BCUT2D eigenvalue weighted by Gasteiger charge is -2.18. The first-order valence-corrected chi connectivity index (χ1v) is 13.9. The Hall–Kier alpha value is -4.06. The number of thioether (sulfide) groups is 1. The van der Waals surface area contributed by atoms with Crippen LogP contribution in [0, 0.1) is 5.92 Å². The Balaban J connectivity index is 1.29. The molecule has 5 heteroatoms. The van der Waals surface area contributed by atoms with Gasteiger partial charge in [-0.05, 0) is 84.0 Å². The summed E-state index contributed by atoms with van der Waals surface area (Å²) in [6, 6.07) is 23.2. The molecule has 5 rings (SSSR count). The molecule has 4 aromatic rings. The van der Waals surface area contributed by atoms with E-state index in [1.54, 1.807) is 18.0 Å². The zero-order chi connectivity index (χ0) is 26.3. The number of benzene rings is 2. The van der Waals surface area contributed by atoms with E-state index < -0.39 is 0 Å². The minimum atomic E-state index is -0.234. The molecule has 2 atom stereocenters. The number of pyridine rings is 2. The van der Waals surface area contributed by atoms with Crippen molar-refractivity contribution >= 4 is 46.7 Å². The van der Waals surface area contributed by atoms with Crippen molar-refractivity contribution in [3.05, 3.63) is 120 Å². The third-order valence-corrected chi connectivity index (χ3v) is 7.20. The van der Waals surface area contributed by atoms with Gasteiger partial charge in [0.05, 0.1) is 11.4 Å². The number of hydrogen-bond acceptors (Lipinski definition) is 5. The van der Waals surface area contributed by atoms with Gasteiger partial charge in [0.2, 0.25) is 0 Å². The predicted molar refractivity (Wildman–Crippen MR) is 164 cm³/mol. The SMILES string of the molecule is CC=CC1C=CC(/C=C/c2ccc(-c3ccc(/C=C/c4ccc5cccnc5n4)cc3SC)cc2)=NC1N. The summed E-state index contributed by atoms with van der Waals surface area (Å²) in [6.07, 6.45) is 20.1. The van der Waals surface area contributed by atoms with Crippen LogP contribution >= 0.6 is 11.8 Å². The molecule has 0 radical (unpaired) electrons. The van der Waals surface area contributed by atoms with Gasteiger partial charge in [-0.25, -0.2) is 9.97 Å². The zero-order valence-corrected chi connectivity index (χ0v) is 22.3. The molecule has 2 unspecified atom stereocenters. The highest BCUT2D eigenvalue weighted by atomic mass is 32.2. The smallest absolute Gasteiger partial charge is 0.159 e. The number of nitrogens with two attached hydrogens (primary N) is 1. The standard InChI is InChI=1S/C33H30N4S/c1-3-5-26-14-18-28(36-32(26)34)16-9-23-7-12-25(13-8-23)30-20-11-24(22-31(30)38-2)10-17-29-19-15-27-6-4-21-35-33(27)37-29/h3-22,26,32H,34H2,1-2H3/b5-3?,16-9+,17-10+. The van der Waals surface area contributed by atoms with Gasteiger partial charge in [-0.15, -0.1) is 11.8 Å². The van der Waals surface area contributed by atoms with Crippen LogP contribution in [-0.4, -0.2) is 28.1 Å². The number of rotatable bonds is 7. The molecule has 2 aromatic heterocycles. The maximum Gasteiger partial charge on any atom is 0.159 e. The molecule has 0 aliphatic carbocycles. The first-order valence-electron chi connectivity index (χ1n) is 12.6. The van der Waals surface area contributed by atoms with Crippen LogP contribution in [0.2, 0.25) is 0 Å². The molecular weight excluding hydrogens is 484 g/mol. The van der Waals surface area contributed by atoms with Crippen LogP contribution in [0.25, 0.3) is 40.4 Å². The second kappa shape index (κ2) is 12.0. The zero-order valence-electron chi connectivity index (χ0n) is 21.5. The fourth-order valence-electron chi connectivity index (χ4n) is 4.37. The Labute approximate surface area is 228 Å². The first-order chi connectivity index (χ1) is 18.6. The summed E-state index contributed by atoms with van der Waals surface area (Å²) in [5.74, 6) is 0.164. The summed E-state index contributed by atoms with van der Waals surface area (Å²) in [6.45, 7) is 2.00. The van der Waals surface area contributed by atoms with Crippen LogP contribution in [0.1, 0.15) is 23.7 Å². The predicted octanol–water partition coefficient (Wildman–Crippen LogP) is 7.69. The highest BCUT2D eigenvalue weighted by molar-refractivity contribution is 7.98. The molecule has 1 aliphatic heterocycles. The Morgan fingerprint density at radius 3 is 2.50 bits per heavy atom. The fraction of sp³-hybridized carbons (Fsp3) is 0.121. The van der Waals surface area contributed by atoms with Gasteiger partial charge in [0, 0.05) is 22.4 Å². The van der Waals surface area contributed by atoms with Crippen molar-refractivity contribution in [3.63, 3.8) is 0 Å². The van der Waals surface area contributed by atoms with Gasteiger partial charge in [0.1, 0.15) is 6.17 Å². The third kappa shape index (κ3) is 6.08. The number of hydrogen-bond donors (Lipinski definition) is 1. The highest BCUT2D eigenvalue weighted by Crippen LogP contribution is 2.32. The number of aromatic nitrogens is 2. The molecule has 0 spiro atoms. The minimum absolute atomic E-state index is 0.164. The van der Waals surface area contributed by atoms with Gasteiger partial charge in [-0.3, -0.25) is 4.99 Å². The van der Waals surface area contributed by atoms with Gasteiger partial charge in [-0.1, -0.05) is 66.8 Å². The summed E-state index contributed by atoms with van der Waals surface area (Å²) in [4.78, 5) is 14.8. The van der Waals surface area contributed by atoms with Gasteiger partial charge < -0.3 is 5.73 Å². The van der Waals surface area contributed by atoms with Crippen molar-refractivity contribution in [3.8, 4) is 11.1 Å². The normalized spacial score (nSPS) is 17.7. The van der Waals surface area contributed by atoms with Crippen LogP contribution in [0.3, 0.4) is 0 Å². The minimum Gasteiger partial charge on any atom is -0.309 e. The lowest BCUT2D eigenvalue weighted by atomic mass is 10.0. The number of aliphatic imine (C=N–C) groups is 1. The van der Waals surface area contributed by atoms with E-state index in [1.165, 1.54) is 16.0 Å². The summed E-state index contributed by atoms with van der Waals surface area (Å²) in [5.41, 5.74) is 13.4. The maximum absolute atomic E-state index is 6.18. The van der Waals surface area contributed by atoms with Crippen LogP contribution in [-0.2, 0) is 0 Å². The molecule has 1 aliphatic rings.